The monoisotopic (exact) mass is 338 g/mol. The summed E-state index contributed by atoms with van der Waals surface area (Å²) in [6.07, 6.45) is 1.57. The van der Waals surface area contributed by atoms with E-state index in [4.69, 9.17) is 4.42 Å². The minimum atomic E-state index is -0.210. The molecule has 1 aromatic carbocycles. The van der Waals surface area contributed by atoms with Crippen molar-refractivity contribution in [3.05, 3.63) is 70.2 Å². The highest BCUT2D eigenvalue weighted by Crippen LogP contribution is 2.24. The van der Waals surface area contributed by atoms with Gasteiger partial charge in [-0.15, -0.1) is 0 Å². The maximum Gasteiger partial charge on any atom is 0.266 e. The van der Waals surface area contributed by atoms with Crippen LogP contribution in [0.25, 0.3) is 17.2 Å². The van der Waals surface area contributed by atoms with Gasteiger partial charge in [0.15, 0.2) is 22.4 Å². The molecule has 0 radical (unpaired) electrons. The average molecular weight is 338 g/mol. The van der Waals surface area contributed by atoms with Gasteiger partial charge >= 0.3 is 0 Å². The van der Waals surface area contributed by atoms with E-state index in [9.17, 15) is 4.79 Å². The molecule has 1 N–H and O–H groups in total. The van der Waals surface area contributed by atoms with E-state index in [-0.39, 0.29) is 5.56 Å². The molecule has 0 bridgehead atoms. The number of rotatable bonds is 4. The first-order valence-corrected chi connectivity index (χ1v) is 8.40. The average Bonchev–Trinajstić information content (AvgIpc) is 3.22. The molecule has 4 rings (SSSR count). The van der Waals surface area contributed by atoms with Crippen LogP contribution in [-0.4, -0.2) is 19.6 Å². The van der Waals surface area contributed by atoms with Crippen LogP contribution in [-0.2, 0) is 5.75 Å². The van der Waals surface area contributed by atoms with Crippen molar-refractivity contribution in [3.8, 4) is 11.6 Å². The zero-order valence-corrected chi connectivity index (χ0v) is 13.7. The topological polar surface area (TPSA) is 76.2 Å². The van der Waals surface area contributed by atoms with E-state index in [1.165, 1.54) is 29.0 Å². The summed E-state index contributed by atoms with van der Waals surface area (Å²) in [6.45, 7) is 2.06. The number of furan rings is 1. The smallest absolute Gasteiger partial charge is 0.266 e. The molecule has 0 saturated heterocycles. The van der Waals surface area contributed by atoms with Gasteiger partial charge in [0.25, 0.3) is 5.56 Å². The van der Waals surface area contributed by atoms with Crippen LogP contribution in [0.15, 0.2) is 63.1 Å². The van der Waals surface area contributed by atoms with Crippen molar-refractivity contribution in [2.75, 3.05) is 0 Å². The number of aryl methyl sites for hydroxylation is 1. The van der Waals surface area contributed by atoms with E-state index >= 15 is 0 Å². The van der Waals surface area contributed by atoms with E-state index < -0.39 is 0 Å². The second kappa shape index (κ2) is 6.01. The number of fused-ring (bicyclic) bond motifs is 1. The standard InChI is InChI=1S/C17H14N4O2S/c1-11-4-6-12(7-5-11)10-24-17-19-16(13-3-2-8-23-13)18-14-9-15(22)20-21(14)17/h2-9H,10H2,1H3,(H,20,22). The number of hydrogen-bond acceptors (Lipinski definition) is 5. The van der Waals surface area contributed by atoms with Crippen molar-refractivity contribution in [2.45, 2.75) is 17.8 Å². The summed E-state index contributed by atoms with van der Waals surface area (Å²) in [5.41, 5.74) is 2.72. The highest BCUT2D eigenvalue weighted by Gasteiger charge is 2.13. The van der Waals surface area contributed by atoms with Gasteiger partial charge < -0.3 is 4.42 Å². The molecule has 3 aromatic heterocycles. The summed E-state index contributed by atoms with van der Waals surface area (Å²) >= 11 is 1.53. The van der Waals surface area contributed by atoms with E-state index in [2.05, 4.69) is 46.3 Å². The molecule has 7 heteroatoms. The van der Waals surface area contributed by atoms with Crippen molar-refractivity contribution in [1.82, 2.24) is 19.6 Å². The third-order valence-electron chi connectivity index (χ3n) is 3.55. The number of benzene rings is 1. The van der Waals surface area contributed by atoms with Gasteiger partial charge in [0.2, 0.25) is 0 Å². The Hall–Kier alpha value is -2.80. The molecule has 0 aliphatic rings. The van der Waals surface area contributed by atoms with E-state index in [0.29, 0.717) is 22.4 Å². The molecular formula is C17H14N4O2S. The quantitative estimate of drug-likeness (QED) is 0.578. The molecule has 0 saturated carbocycles. The van der Waals surface area contributed by atoms with Gasteiger partial charge in [-0.3, -0.25) is 9.89 Å². The molecule has 0 spiro atoms. The van der Waals surface area contributed by atoms with E-state index in [1.807, 2.05) is 0 Å². The Bertz CT molecular complexity index is 1030. The minimum absolute atomic E-state index is 0.210. The maximum atomic E-state index is 11.7. The summed E-state index contributed by atoms with van der Waals surface area (Å²) in [4.78, 5) is 20.6. The van der Waals surface area contributed by atoms with E-state index in [1.54, 1.807) is 22.9 Å². The Kier molecular flexibility index (Phi) is 3.70. The normalized spacial score (nSPS) is 11.2. The van der Waals surface area contributed by atoms with Crippen LogP contribution >= 0.6 is 11.8 Å². The molecule has 3 heterocycles. The SMILES string of the molecule is Cc1ccc(CSc2nc(-c3ccco3)nc3cc(=O)[nH]n23)cc1. The highest BCUT2D eigenvalue weighted by molar-refractivity contribution is 7.98. The lowest BCUT2D eigenvalue weighted by Gasteiger charge is -2.06. The van der Waals surface area contributed by atoms with Crippen LogP contribution in [0.5, 0.6) is 0 Å². The molecule has 0 fully saturated rings. The first-order chi connectivity index (χ1) is 11.7. The van der Waals surface area contributed by atoms with Gasteiger partial charge in [-0.05, 0) is 24.6 Å². The zero-order valence-electron chi connectivity index (χ0n) is 12.9. The lowest BCUT2D eigenvalue weighted by molar-refractivity contribution is 0.574. The van der Waals surface area contributed by atoms with Crippen molar-refractivity contribution in [1.29, 1.82) is 0 Å². The van der Waals surface area contributed by atoms with Crippen LogP contribution in [0.3, 0.4) is 0 Å². The predicted octanol–water partition coefficient (Wildman–Crippen LogP) is 3.28. The molecule has 0 amide bonds. The first kappa shape index (κ1) is 14.8. The fourth-order valence-electron chi connectivity index (χ4n) is 2.33. The number of thioether (sulfide) groups is 1. The molecule has 120 valence electrons. The van der Waals surface area contributed by atoms with Gasteiger partial charge in [0.05, 0.1) is 6.26 Å². The third-order valence-corrected chi connectivity index (χ3v) is 4.56. The number of nitrogens with one attached hydrogen (secondary N) is 1. The van der Waals surface area contributed by atoms with Gasteiger partial charge in [-0.1, -0.05) is 41.6 Å². The summed E-state index contributed by atoms with van der Waals surface area (Å²) in [6, 6.07) is 13.4. The lowest BCUT2D eigenvalue weighted by Crippen LogP contribution is -2.04. The number of aromatic amines is 1. The second-order valence-corrected chi connectivity index (χ2v) is 6.34. The predicted molar refractivity (Wildman–Crippen MR) is 92.0 cm³/mol. The maximum absolute atomic E-state index is 11.7. The summed E-state index contributed by atoms with van der Waals surface area (Å²) in [7, 11) is 0. The number of hydrogen-bond donors (Lipinski definition) is 1. The Labute approximate surface area is 141 Å². The largest absolute Gasteiger partial charge is 0.461 e. The van der Waals surface area contributed by atoms with Gasteiger partial charge in [-0.2, -0.15) is 4.98 Å². The van der Waals surface area contributed by atoms with Crippen molar-refractivity contribution in [2.24, 2.45) is 0 Å². The molecule has 0 atom stereocenters. The highest BCUT2D eigenvalue weighted by atomic mass is 32.2. The van der Waals surface area contributed by atoms with Crippen molar-refractivity contribution < 1.29 is 4.42 Å². The number of aromatic nitrogens is 4. The molecule has 6 nitrogen and oxygen atoms in total. The Morgan fingerprint density at radius 1 is 1.21 bits per heavy atom. The van der Waals surface area contributed by atoms with Crippen LogP contribution in [0, 0.1) is 6.92 Å². The molecule has 4 aromatic rings. The zero-order chi connectivity index (χ0) is 16.5. The van der Waals surface area contributed by atoms with Gasteiger partial charge in [0, 0.05) is 11.8 Å². The van der Waals surface area contributed by atoms with Crippen LogP contribution in [0.1, 0.15) is 11.1 Å². The van der Waals surface area contributed by atoms with Crippen molar-refractivity contribution >= 4 is 17.4 Å². The van der Waals surface area contributed by atoms with Crippen molar-refractivity contribution in [3.63, 3.8) is 0 Å². The first-order valence-electron chi connectivity index (χ1n) is 7.41. The molecular weight excluding hydrogens is 324 g/mol. The van der Waals surface area contributed by atoms with Gasteiger partial charge in [0.1, 0.15) is 0 Å². The third kappa shape index (κ3) is 2.85. The fraction of sp³-hybridized carbons (Fsp3) is 0.118. The van der Waals surface area contributed by atoms with Gasteiger partial charge in [-0.25, -0.2) is 9.50 Å². The summed E-state index contributed by atoms with van der Waals surface area (Å²) in [5.74, 6) is 1.78. The van der Waals surface area contributed by atoms with Crippen LogP contribution < -0.4 is 5.56 Å². The molecule has 0 unspecified atom stereocenters. The summed E-state index contributed by atoms with van der Waals surface area (Å²) < 4.78 is 6.98. The summed E-state index contributed by atoms with van der Waals surface area (Å²) in [5, 5.41) is 3.39. The molecule has 24 heavy (non-hydrogen) atoms. The van der Waals surface area contributed by atoms with Crippen LogP contribution in [0.4, 0.5) is 0 Å². The number of nitrogens with zero attached hydrogens (tertiary/aromatic N) is 3. The fourth-order valence-corrected chi connectivity index (χ4v) is 3.24. The molecule has 0 aliphatic carbocycles. The van der Waals surface area contributed by atoms with Crippen LogP contribution in [0.2, 0.25) is 0 Å². The number of H-pyrrole nitrogens is 1. The second-order valence-electron chi connectivity index (χ2n) is 5.40. The molecule has 0 aliphatic heterocycles. The lowest BCUT2D eigenvalue weighted by atomic mass is 10.2. The van der Waals surface area contributed by atoms with E-state index in [0.717, 1.165) is 5.75 Å². The Morgan fingerprint density at radius 2 is 2.04 bits per heavy atom. The Morgan fingerprint density at radius 3 is 2.79 bits per heavy atom. The minimum Gasteiger partial charge on any atom is -0.461 e. The Balaban J connectivity index is 1.72.